The molecule has 0 radical (unpaired) electrons. The zero-order valence-corrected chi connectivity index (χ0v) is 51.2. The lowest BCUT2D eigenvalue weighted by atomic mass is 10.0. The van der Waals surface area contributed by atoms with Gasteiger partial charge in [-0.05, 0) is 32.1 Å². The van der Waals surface area contributed by atoms with Crippen molar-refractivity contribution in [3.63, 3.8) is 0 Å². The number of quaternary nitrogens is 1. The number of hydrogen-bond acceptors (Lipinski definition) is 6. The summed E-state index contributed by atoms with van der Waals surface area (Å²) in [5, 5.41) is 13.8. The number of phosphoric ester groups is 1. The van der Waals surface area contributed by atoms with E-state index in [1.165, 1.54) is 276 Å². The van der Waals surface area contributed by atoms with Crippen LogP contribution in [0.1, 0.15) is 335 Å². The van der Waals surface area contributed by atoms with Crippen molar-refractivity contribution < 1.29 is 32.9 Å². The van der Waals surface area contributed by atoms with Gasteiger partial charge in [0.15, 0.2) is 0 Å². The molecule has 0 aliphatic rings. The number of rotatable bonds is 61. The second-order valence-corrected chi connectivity index (χ2v) is 25.2. The zero-order valence-electron chi connectivity index (χ0n) is 50.3. The van der Waals surface area contributed by atoms with E-state index in [1.54, 1.807) is 6.08 Å². The molecule has 74 heavy (non-hydrogen) atoms. The van der Waals surface area contributed by atoms with Crippen LogP contribution < -0.4 is 10.2 Å². The number of aliphatic hydroxyl groups excluding tert-OH is 1. The van der Waals surface area contributed by atoms with Gasteiger partial charge < -0.3 is 28.8 Å². The van der Waals surface area contributed by atoms with Crippen LogP contribution in [0.4, 0.5) is 0 Å². The largest absolute Gasteiger partial charge is 0.756 e. The minimum atomic E-state index is -4.60. The number of hydrogen-bond donors (Lipinski definition) is 2. The summed E-state index contributed by atoms with van der Waals surface area (Å²) in [7, 11) is 1.26. The number of likely N-dealkylation sites (N-methyl/N-ethyl adjacent to an activating group) is 1. The fourth-order valence-electron chi connectivity index (χ4n) is 10.1. The van der Waals surface area contributed by atoms with E-state index in [2.05, 4.69) is 31.3 Å². The summed E-state index contributed by atoms with van der Waals surface area (Å²) in [5.41, 5.74) is 0. The number of aliphatic hydroxyl groups is 1. The van der Waals surface area contributed by atoms with Crippen LogP contribution in [-0.2, 0) is 18.4 Å². The molecule has 8 nitrogen and oxygen atoms in total. The Morgan fingerprint density at radius 1 is 0.459 bits per heavy atom. The number of carbonyl (C=O) groups excluding carboxylic acids is 1. The van der Waals surface area contributed by atoms with Gasteiger partial charge in [-0.25, -0.2) is 0 Å². The average molecular weight is 1070 g/mol. The predicted molar refractivity (Wildman–Crippen MR) is 321 cm³/mol. The molecule has 1 amide bonds. The van der Waals surface area contributed by atoms with Crippen LogP contribution in [0, 0.1) is 0 Å². The molecule has 0 bridgehead atoms. The van der Waals surface area contributed by atoms with E-state index in [-0.39, 0.29) is 19.1 Å². The minimum Gasteiger partial charge on any atom is -0.756 e. The molecule has 0 saturated carbocycles. The summed E-state index contributed by atoms with van der Waals surface area (Å²) in [6, 6.07) is -0.899. The van der Waals surface area contributed by atoms with Crippen molar-refractivity contribution in [2.75, 3.05) is 40.9 Å². The predicted octanol–water partition coefficient (Wildman–Crippen LogP) is 19.7. The summed E-state index contributed by atoms with van der Waals surface area (Å²) in [6.45, 7) is 4.65. The Morgan fingerprint density at radius 3 is 1.09 bits per heavy atom. The Bertz CT molecular complexity index is 1260. The molecule has 0 aliphatic carbocycles. The Kier molecular flexibility index (Phi) is 55.9. The normalized spacial score (nSPS) is 13.9. The van der Waals surface area contributed by atoms with Crippen molar-refractivity contribution >= 4 is 13.7 Å². The van der Waals surface area contributed by atoms with E-state index >= 15 is 0 Å². The molecular weight excluding hydrogens is 936 g/mol. The Labute approximate surface area is 462 Å². The Balaban J connectivity index is 3.84. The molecule has 0 aromatic rings. The third-order valence-electron chi connectivity index (χ3n) is 15.2. The molecule has 0 heterocycles. The number of allylic oxidation sites excluding steroid dienone is 3. The number of carbonyl (C=O) groups is 1. The quantitative estimate of drug-likeness (QED) is 0.0272. The van der Waals surface area contributed by atoms with Gasteiger partial charge in [0.25, 0.3) is 7.82 Å². The molecule has 0 spiro atoms. The molecule has 9 heteroatoms. The first kappa shape index (κ1) is 73.0. The van der Waals surface area contributed by atoms with Crippen LogP contribution in [0.15, 0.2) is 24.3 Å². The van der Waals surface area contributed by atoms with Gasteiger partial charge in [-0.3, -0.25) is 9.36 Å². The summed E-state index contributed by atoms with van der Waals surface area (Å²) in [4.78, 5) is 25.5. The molecule has 0 fully saturated rings. The maximum Gasteiger partial charge on any atom is 0.268 e. The zero-order chi connectivity index (χ0) is 54.2. The van der Waals surface area contributed by atoms with Crippen molar-refractivity contribution in [3.05, 3.63) is 24.3 Å². The number of nitrogens with zero attached hydrogens (tertiary/aromatic N) is 1. The van der Waals surface area contributed by atoms with Gasteiger partial charge >= 0.3 is 0 Å². The summed E-state index contributed by atoms with van der Waals surface area (Å²) < 4.78 is 23.3. The van der Waals surface area contributed by atoms with Crippen molar-refractivity contribution in [2.45, 2.75) is 347 Å². The molecule has 0 aliphatic heterocycles. The molecule has 0 rings (SSSR count). The fraction of sp³-hybridized carbons (Fsp3) is 0.923. The highest BCUT2D eigenvalue weighted by Gasteiger charge is 2.23. The summed E-state index contributed by atoms with van der Waals surface area (Å²) >= 11 is 0. The first-order valence-electron chi connectivity index (χ1n) is 32.7. The maximum absolute atomic E-state index is 13.0. The number of unbranched alkanes of at least 4 members (excludes halogenated alkanes) is 46. The van der Waals surface area contributed by atoms with Crippen LogP contribution in [0.25, 0.3) is 0 Å². The highest BCUT2D eigenvalue weighted by atomic mass is 31.2. The highest BCUT2D eigenvalue weighted by molar-refractivity contribution is 7.45. The van der Waals surface area contributed by atoms with Gasteiger partial charge in [0.1, 0.15) is 13.2 Å². The Hall–Kier alpha value is -1.02. The van der Waals surface area contributed by atoms with Crippen LogP contribution in [0.2, 0.25) is 0 Å². The van der Waals surface area contributed by atoms with E-state index < -0.39 is 20.0 Å². The number of nitrogens with one attached hydrogen (secondary N) is 1. The average Bonchev–Trinajstić information content (AvgIpc) is 3.36. The van der Waals surface area contributed by atoms with Gasteiger partial charge in [0.05, 0.1) is 39.9 Å². The van der Waals surface area contributed by atoms with Gasteiger partial charge in [0.2, 0.25) is 5.91 Å². The molecule has 0 saturated heterocycles. The molecule has 3 atom stereocenters. The first-order chi connectivity index (χ1) is 36.0. The van der Waals surface area contributed by atoms with Crippen LogP contribution in [0.5, 0.6) is 0 Å². The number of amides is 1. The van der Waals surface area contributed by atoms with E-state index in [4.69, 9.17) is 9.05 Å². The lowest BCUT2D eigenvalue weighted by molar-refractivity contribution is -0.870. The molecule has 3 unspecified atom stereocenters. The lowest BCUT2D eigenvalue weighted by Crippen LogP contribution is -2.45. The molecular formula is C65H129N2O6P. The molecule has 0 aromatic heterocycles. The topological polar surface area (TPSA) is 108 Å². The van der Waals surface area contributed by atoms with Gasteiger partial charge in [-0.2, -0.15) is 0 Å². The van der Waals surface area contributed by atoms with E-state index in [1.807, 2.05) is 27.2 Å². The second kappa shape index (κ2) is 56.7. The van der Waals surface area contributed by atoms with Crippen LogP contribution in [-0.4, -0.2) is 68.5 Å². The van der Waals surface area contributed by atoms with Crippen molar-refractivity contribution in [3.8, 4) is 0 Å². The smallest absolute Gasteiger partial charge is 0.268 e. The third-order valence-corrected chi connectivity index (χ3v) is 16.1. The van der Waals surface area contributed by atoms with E-state index in [0.29, 0.717) is 17.4 Å². The van der Waals surface area contributed by atoms with Gasteiger partial charge in [0, 0.05) is 6.42 Å². The molecule has 2 N–H and O–H groups in total. The molecule has 0 aromatic carbocycles. The van der Waals surface area contributed by atoms with Crippen LogP contribution in [0.3, 0.4) is 0 Å². The SMILES string of the molecule is CCCCCCCCC/C=C/CC/C=C/C(O)C(COP(=O)([O-])OCC[N+](C)(C)C)NC(=O)CCCCCCCCCCCCCCCCCCCCCCCCCCCCCCCCCCCCCCCCC. The summed E-state index contributed by atoms with van der Waals surface area (Å²) in [6.07, 6.45) is 73.2. The molecule has 440 valence electrons. The third kappa shape index (κ3) is 58.7. The number of phosphoric acid groups is 1. The van der Waals surface area contributed by atoms with Gasteiger partial charge in [-0.1, -0.05) is 321 Å². The monoisotopic (exact) mass is 1060 g/mol. The van der Waals surface area contributed by atoms with E-state index in [9.17, 15) is 19.4 Å². The highest BCUT2D eigenvalue weighted by Crippen LogP contribution is 2.38. The van der Waals surface area contributed by atoms with Crippen molar-refractivity contribution in [1.82, 2.24) is 5.32 Å². The second-order valence-electron chi connectivity index (χ2n) is 23.8. The van der Waals surface area contributed by atoms with E-state index in [0.717, 1.165) is 38.5 Å². The lowest BCUT2D eigenvalue weighted by Gasteiger charge is -2.29. The van der Waals surface area contributed by atoms with Crippen molar-refractivity contribution in [2.24, 2.45) is 0 Å². The first-order valence-corrected chi connectivity index (χ1v) is 34.2. The fourth-order valence-corrected chi connectivity index (χ4v) is 10.8. The van der Waals surface area contributed by atoms with Crippen LogP contribution >= 0.6 is 7.82 Å². The maximum atomic E-state index is 13.0. The minimum absolute atomic E-state index is 0.00394. The van der Waals surface area contributed by atoms with Gasteiger partial charge in [-0.15, -0.1) is 0 Å². The standard InChI is InChI=1S/C65H129N2O6P/c1-6-8-10-12-14-16-18-20-21-22-23-24-25-26-27-28-29-30-31-32-33-34-35-36-37-38-39-40-41-42-43-44-45-47-49-51-53-55-57-59-65(69)66-63(62-73-74(70,71)72-61-60-67(3,4)5)64(68)58-56-54-52-50-48-46-19-17-15-13-11-9-7-2/h48,50,56,58,63-64,68H,6-47,49,51-55,57,59-62H2,1-5H3,(H-,66,69,70,71)/b50-48+,58-56+. The van der Waals surface area contributed by atoms with Crippen molar-refractivity contribution in [1.29, 1.82) is 0 Å². The summed E-state index contributed by atoms with van der Waals surface area (Å²) in [5.74, 6) is -0.201. The Morgan fingerprint density at radius 2 is 0.757 bits per heavy atom.